The molecule has 0 spiro atoms. The number of carbonyl (C=O) groups excluding carboxylic acids is 1. The van der Waals surface area contributed by atoms with Crippen LogP contribution in [0.5, 0.6) is 0 Å². The number of aldehydes is 1. The average molecular weight is 261 g/mol. The fourth-order valence-electron chi connectivity index (χ4n) is 1.27. The Hall–Kier alpha value is -0.840. The molecule has 0 unspecified atom stereocenters. The van der Waals surface area contributed by atoms with Crippen molar-refractivity contribution in [2.24, 2.45) is 7.05 Å². The number of hydrogen-bond donors (Lipinski definition) is 0. The first-order valence-corrected chi connectivity index (χ1v) is 5.63. The molecule has 0 saturated carbocycles. The van der Waals surface area contributed by atoms with Crippen molar-refractivity contribution in [3.05, 3.63) is 27.2 Å². The SMILES string of the molecule is Cn1ncc(Cl)c1-c1sc(C=O)cc1Cl. The number of carbonyl (C=O) groups is 1. The van der Waals surface area contributed by atoms with Crippen molar-refractivity contribution in [2.45, 2.75) is 0 Å². The molecule has 2 aromatic heterocycles. The first-order valence-electron chi connectivity index (χ1n) is 4.06. The van der Waals surface area contributed by atoms with Crippen LogP contribution in [0, 0.1) is 0 Å². The molecule has 2 heterocycles. The molecule has 0 amide bonds. The second-order valence-electron chi connectivity index (χ2n) is 2.91. The topological polar surface area (TPSA) is 34.9 Å². The summed E-state index contributed by atoms with van der Waals surface area (Å²) in [5.41, 5.74) is 0.736. The third-order valence-corrected chi connectivity index (χ3v) is 3.69. The van der Waals surface area contributed by atoms with Gasteiger partial charge < -0.3 is 0 Å². The van der Waals surface area contributed by atoms with Crippen LogP contribution in [0.15, 0.2) is 12.3 Å². The van der Waals surface area contributed by atoms with E-state index in [1.807, 2.05) is 0 Å². The molecule has 0 N–H and O–H groups in total. The van der Waals surface area contributed by atoms with Gasteiger partial charge in [0.2, 0.25) is 0 Å². The second-order valence-corrected chi connectivity index (χ2v) is 4.81. The number of thiophene rings is 1. The molecule has 0 aliphatic heterocycles. The highest BCUT2D eigenvalue weighted by atomic mass is 35.5. The molecule has 0 aliphatic carbocycles. The highest BCUT2D eigenvalue weighted by molar-refractivity contribution is 7.17. The van der Waals surface area contributed by atoms with Crippen LogP contribution >= 0.6 is 34.5 Å². The van der Waals surface area contributed by atoms with E-state index < -0.39 is 0 Å². The number of nitrogens with zero attached hydrogens (tertiary/aromatic N) is 2. The minimum atomic E-state index is 0.521. The lowest BCUT2D eigenvalue weighted by Gasteiger charge is -1.99. The van der Waals surface area contributed by atoms with E-state index in [1.54, 1.807) is 24.0 Å². The molecular formula is C9H6Cl2N2OS. The molecule has 0 aliphatic rings. The predicted octanol–water partition coefficient (Wildman–Crippen LogP) is 3.27. The zero-order chi connectivity index (χ0) is 11.0. The van der Waals surface area contributed by atoms with Crippen LogP contribution in [-0.4, -0.2) is 16.1 Å². The monoisotopic (exact) mass is 260 g/mol. The van der Waals surface area contributed by atoms with Gasteiger partial charge in [0, 0.05) is 7.05 Å². The summed E-state index contributed by atoms with van der Waals surface area (Å²) in [5.74, 6) is 0. The number of halogens is 2. The van der Waals surface area contributed by atoms with Crippen LogP contribution < -0.4 is 0 Å². The van der Waals surface area contributed by atoms with Crippen molar-refractivity contribution in [2.75, 3.05) is 0 Å². The maximum atomic E-state index is 10.6. The molecule has 0 bridgehead atoms. The van der Waals surface area contributed by atoms with Gasteiger partial charge in [-0.05, 0) is 6.07 Å². The Labute approximate surface area is 100 Å². The number of aromatic nitrogens is 2. The minimum absolute atomic E-state index is 0.521. The van der Waals surface area contributed by atoms with E-state index in [1.165, 1.54) is 11.3 Å². The van der Waals surface area contributed by atoms with Crippen molar-refractivity contribution >= 4 is 40.8 Å². The Kier molecular flexibility index (Phi) is 2.82. The predicted molar refractivity (Wildman–Crippen MR) is 61.9 cm³/mol. The van der Waals surface area contributed by atoms with Crippen molar-refractivity contribution in [1.29, 1.82) is 0 Å². The molecule has 2 aromatic rings. The summed E-state index contributed by atoms with van der Waals surface area (Å²) in [5, 5.41) is 5.06. The van der Waals surface area contributed by atoms with E-state index in [0.29, 0.717) is 14.9 Å². The summed E-state index contributed by atoms with van der Waals surface area (Å²) >= 11 is 13.3. The van der Waals surface area contributed by atoms with E-state index in [-0.39, 0.29) is 0 Å². The van der Waals surface area contributed by atoms with E-state index in [9.17, 15) is 4.79 Å². The van der Waals surface area contributed by atoms with Gasteiger partial charge in [-0.25, -0.2) is 0 Å². The van der Waals surface area contributed by atoms with Gasteiger partial charge in [0.25, 0.3) is 0 Å². The Morgan fingerprint density at radius 1 is 1.47 bits per heavy atom. The van der Waals surface area contributed by atoms with E-state index in [0.717, 1.165) is 16.9 Å². The maximum Gasteiger partial charge on any atom is 0.160 e. The fourth-order valence-corrected chi connectivity index (χ4v) is 2.93. The van der Waals surface area contributed by atoms with Crippen molar-refractivity contribution < 1.29 is 4.79 Å². The van der Waals surface area contributed by atoms with Crippen molar-refractivity contribution in [3.8, 4) is 10.6 Å². The molecule has 0 fully saturated rings. The average Bonchev–Trinajstić information content (AvgIpc) is 2.71. The lowest BCUT2D eigenvalue weighted by Crippen LogP contribution is -1.92. The van der Waals surface area contributed by atoms with E-state index in [2.05, 4.69) is 5.10 Å². The van der Waals surface area contributed by atoms with Gasteiger partial charge in [0.05, 0.1) is 31.7 Å². The van der Waals surface area contributed by atoms with Gasteiger partial charge in [-0.1, -0.05) is 23.2 Å². The summed E-state index contributed by atoms with van der Waals surface area (Å²) in [6.07, 6.45) is 2.32. The molecule has 3 nitrogen and oxygen atoms in total. The highest BCUT2D eigenvalue weighted by Gasteiger charge is 2.15. The summed E-state index contributed by atoms with van der Waals surface area (Å²) < 4.78 is 1.63. The van der Waals surface area contributed by atoms with E-state index in [4.69, 9.17) is 23.2 Å². The summed E-state index contributed by atoms with van der Waals surface area (Å²) in [7, 11) is 1.78. The van der Waals surface area contributed by atoms with Crippen molar-refractivity contribution in [3.63, 3.8) is 0 Å². The van der Waals surface area contributed by atoms with Crippen molar-refractivity contribution in [1.82, 2.24) is 9.78 Å². The third kappa shape index (κ3) is 1.80. The number of hydrogen-bond acceptors (Lipinski definition) is 3. The molecule has 0 atom stereocenters. The molecule has 78 valence electrons. The normalized spacial score (nSPS) is 10.6. The highest BCUT2D eigenvalue weighted by Crippen LogP contribution is 2.38. The lowest BCUT2D eigenvalue weighted by molar-refractivity contribution is 0.112. The van der Waals surface area contributed by atoms with Crippen LogP contribution in [0.25, 0.3) is 10.6 Å². The largest absolute Gasteiger partial charge is 0.297 e. The fraction of sp³-hybridized carbons (Fsp3) is 0.111. The molecule has 0 aromatic carbocycles. The third-order valence-electron chi connectivity index (χ3n) is 1.93. The zero-order valence-corrected chi connectivity index (χ0v) is 10.0. The molecule has 0 saturated heterocycles. The summed E-state index contributed by atoms with van der Waals surface area (Å²) in [6, 6.07) is 1.62. The Balaban J connectivity index is 2.63. The molecule has 0 radical (unpaired) electrons. The molecule has 6 heteroatoms. The maximum absolute atomic E-state index is 10.6. The zero-order valence-electron chi connectivity index (χ0n) is 7.70. The van der Waals surface area contributed by atoms with Crippen LogP contribution in [0.3, 0.4) is 0 Å². The molecule has 2 rings (SSSR count). The van der Waals surface area contributed by atoms with Gasteiger partial charge >= 0.3 is 0 Å². The Bertz CT molecular complexity index is 499. The van der Waals surface area contributed by atoms with Crippen LogP contribution in [0.2, 0.25) is 10.0 Å². The standard InChI is InChI=1S/C9H6Cl2N2OS/c1-13-8(7(11)3-12-13)9-6(10)2-5(4-14)15-9/h2-4H,1H3. The Morgan fingerprint density at radius 3 is 2.67 bits per heavy atom. The minimum Gasteiger partial charge on any atom is -0.297 e. The van der Waals surface area contributed by atoms with Crippen LogP contribution in [-0.2, 0) is 7.05 Å². The van der Waals surface area contributed by atoms with Gasteiger partial charge in [-0.3, -0.25) is 9.48 Å². The molecular weight excluding hydrogens is 255 g/mol. The quantitative estimate of drug-likeness (QED) is 0.777. The smallest absolute Gasteiger partial charge is 0.160 e. The number of rotatable bonds is 2. The van der Waals surface area contributed by atoms with Crippen LogP contribution in [0.1, 0.15) is 9.67 Å². The number of aryl methyl sites for hydroxylation is 1. The van der Waals surface area contributed by atoms with Crippen LogP contribution in [0.4, 0.5) is 0 Å². The van der Waals surface area contributed by atoms with Gasteiger partial charge in [0.15, 0.2) is 6.29 Å². The summed E-state index contributed by atoms with van der Waals surface area (Å²) in [4.78, 5) is 12.0. The van der Waals surface area contributed by atoms with Gasteiger partial charge in [-0.2, -0.15) is 5.10 Å². The Morgan fingerprint density at radius 2 is 2.20 bits per heavy atom. The molecule has 15 heavy (non-hydrogen) atoms. The van der Waals surface area contributed by atoms with Gasteiger partial charge in [0.1, 0.15) is 0 Å². The first-order chi connectivity index (χ1) is 7.13. The summed E-state index contributed by atoms with van der Waals surface area (Å²) in [6.45, 7) is 0. The first kappa shape index (κ1) is 10.7. The lowest BCUT2D eigenvalue weighted by atomic mass is 10.3. The van der Waals surface area contributed by atoms with E-state index >= 15 is 0 Å². The second kappa shape index (κ2) is 3.96. The van der Waals surface area contributed by atoms with Gasteiger partial charge in [-0.15, -0.1) is 11.3 Å².